The molecule has 0 unspecified atom stereocenters. The summed E-state index contributed by atoms with van der Waals surface area (Å²) in [4.78, 5) is 20.8. The zero-order valence-electron chi connectivity index (χ0n) is 14.1. The quantitative estimate of drug-likeness (QED) is 0.615. The molecule has 3 N–H and O–H groups in total. The van der Waals surface area contributed by atoms with Crippen LogP contribution in [0.15, 0.2) is 34.8 Å². The number of anilines is 1. The monoisotopic (exact) mass is 398 g/mol. The van der Waals surface area contributed by atoms with Crippen molar-refractivity contribution in [2.45, 2.75) is 32.9 Å². The molecule has 0 saturated carbocycles. The van der Waals surface area contributed by atoms with E-state index in [1.165, 1.54) is 11.1 Å². The minimum atomic E-state index is -0.154. The number of benzene rings is 2. The van der Waals surface area contributed by atoms with Crippen molar-refractivity contribution in [3.8, 4) is 0 Å². The summed E-state index contributed by atoms with van der Waals surface area (Å²) in [5, 5.41) is 6.32. The van der Waals surface area contributed by atoms with Gasteiger partial charge in [0.05, 0.1) is 11.1 Å². The Morgan fingerprint density at radius 1 is 1.20 bits per heavy atom. The van der Waals surface area contributed by atoms with Crippen molar-refractivity contribution in [1.82, 2.24) is 15.3 Å². The molecular formula is C19H19BrN4O. The molecule has 0 fully saturated rings. The second kappa shape index (κ2) is 6.28. The molecule has 2 heterocycles. The summed E-state index contributed by atoms with van der Waals surface area (Å²) < 4.78 is 0.849. The average Bonchev–Trinajstić information content (AvgIpc) is 3.19. The number of carbonyl (C=O) groups is 1. The molecule has 1 aromatic heterocycles. The summed E-state index contributed by atoms with van der Waals surface area (Å²) in [5.41, 5.74) is 5.45. The Balaban J connectivity index is 1.69. The van der Waals surface area contributed by atoms with E-state index in [1.807, 2.05) is 24.3 Å². The topological polar surface area (TPSA) is 69.8 Å². The van der Waals surface area contributed by atoms with Crippen LogP contribution in [0.25, 0.3) is 11.0 Å². The lowest BCUT2D eigenvalue weighted by atomic mass is 10.1. The van der Waals surface area contributed by atoms with Gasteiger partial charge in [-0.15, -0.1) is 0 Å². The number of H-pyrrole nitrogens is 1. The van der Waals surface area contributed by atoms with E-state index in [-0.39, 0.29) is 11.8 Å². The number of hydrogen-bond acceptors (Lipinski definition) is 3. The first kappa shape index (κ1) is 16.3. The minimum Gasteiger partial charge on any atom is -0.342 e. The molecule has 1 aliphatic heterocycles. The van der Waals surface area contributed by atoms with Crippen molar-refractivity contribution in [3.63, 3.8) is 0 Å². The van der Waals surface area contributed by atoms with Crippen molar-refractivity contribution in [1.29, 1.82) is 0 Å². The van der Waals surface area contributed by atoms with Gasteiger partial charge < -0.3 is 15.6 Å². The second-order valence-corrected chi connectivity index (χ2v) is 7.58. The maximum absolute atomic E-state index is 12.9. The van der Waals surface area contributed by atoms with Gasteiger partial charge in [0.15, 0.2) is 0 Å². The first-order valence-corrected chi connectivity index (χ1v) is 9.13. The fourth-order valence-electron chi connectivity index (χ4n) is 3.12. The highest BCUT2D eigenvalue weighted by atomic mass is 79.9. The molecule has 25 heavy (non-hydrogen) atoms. The molecule has 0 bridgehead atoms. The van der Waals surface area contributed by atoms with Crippen LogP contribution in [-0.2, 0) is 13.1 Å². The predicted molar refractivity (Wildman–Crippen MR) is 103 cm³/mol. The average molecular weight is 399 g/mol. The van der Waals surface area contributed by atoms with Gasteiger partial charge in [0, 0.05) is 29.2 Å². The molecule has 0 spiro atoms. The zero-order valence-corrected chi connectivity index (χ0v) is 15.7. The van der Waals surface area contributed by atoms with Crippen LogP contribution in [0.5, 0.6) is 0 Å². The molecule has 3 aromatic rings. The first-order chi connectivity index (χ1) is 12.0. The normalized spacial score (nSPS) is 13.4. The summed E-state index contributed by atoms with van der Waals surface area (Å²) in [5.74, 6) is 0.996. The molecule has 0 saturated heterocycles. The van der Waals surface area contributed by atoms with Gasteiger partial charge in [-0.3, -0.25) is 4.79 Å². The van der Waals surface area contributed by atoms with E-state index in [0.717, 1.165) is 34.6 Å². The summed E-state index contributed by atoms with van der Waals surface area (Å²) >= 11 is 3.49. The molecule has 1 amide bonds. The second-order valence-electron chi connectivity index (χ2n) is 6.67. The Bertz CT molecular complexity index is 977. The van der Waals surface area contributed by atoms with E-state index >= 15 is 0 Å². The number of carbonyl (C=O) groups excluding carboxylic acids is 1. The van der Waals surface area contributed by atoms with Gasteiger partial charge in [-0.05, 0) is 35.4 Å². The van der Waals surface area contributed by atoms with E-state index in [9.17, 15) is 4.79 Å². The molecule has 2 aromatic carbocycles. The van der Waals surface area contributed by atoms with Crippen molar-refractivity contribution in [3.05, 3.63) is 57.3 Å². The summed E-state index contributed by atoms with van der Waals surface area (Å²) in [6.45, 7) is 5.88. The van der Waals surface area contributed by atoms with Crippen molar-refractivity contribution in [2.75, 3.05) is 5.32 Å². The van der Waals surface area contributed by atoms with Gasteiger partial charge in [-0.2, -0.15) is 0 Å². The van der Waals surface area contributed by atoms with Crippen LogP contribution in [0.2, 0.25) is 0 Å². The van der Waals surface area contributed by atoms with Crippen LogP contribution in [0.4, 0.5) is 5.69 Å². The van der Waals surface area contributed by atoms with Crippen LogP contribution < -0.4 is 10.6 Å². The van der Waals surface area contributed by atoms with Gasteiger partial charge in [0.25, 0.3) is 5.91 Å². The first-order valence-electron chi connectivity index (χ1n) is 8.34. The van der Waals surface area contributed by atoms with E-state index in [1.54, 1.807) is 0 Å². The van der Waals surface area contributed by atoms with E-state index in [2.05, 4.69) is 56.4 Å². The number of hydrogen-bond donors (Lipinski definition) is 3. The fourth-order valence-corrected chi connectivity index (χ4v) is 3.58. The van der Waals surface area contributed by atoms with E-state index < -0.39 is 0 Å². The van der Waals surface area contributed by atoms with Crippen LogP contribution in [0.1, 0.15) is 47.1 Å². The van der Waals surface area contributed by atoms with E-state index in [4.69, 9.17) is 0 Å². The molecular weight excluding hydrogens is 380 g/mol. The third-order valence-electron chi connectivity index (χ3n) is 4.46. The lowest BCUT2D eigenvalue weighted by Crippen LogP contribution is -2.13. The maximum Gasteiger partial charge on any atom is 0.257 e. The highest BCUT2D eigenvalue weighted by molar-refractivity contribution is 9.10. The Morgan fingerprint density at radius 2 is 2.00 bits per heavy atom. The number of halogens is 1. The lowest BCUT2D eigenvalue weighted by Gasteiger charge is -2.08. The van der Waals surface area contributed by atoms with Crippen molar-refractivity contribution >= 4 is 38.6 Å². The van der Waals surface area contributed by atoms with Gasteiger partial charge >= 0.3 is 0 Å². The molecule has 0 radical (unpaired) electrons. The highest BCUT2D eigenvalue weighted by Crippen LogP contribution is 2.26. The molecule has 0 aliphatic carbocycles. The molecule has 0 atom stereocenters. The fraction of sp³-hybridized carbons (Fsp3) is 0.263. The maximum atomic E-state index is 12.9. The summed E-state index contributed by atoms with van der Waals surface area (Å²) in [7, 11) is 0. The minimum absolute atomic E-state index is 0.154. The lowest BCUT2D eigenvalue weighted by molar-refractivity contribution is 0.102. The van der Waals surface area contributed by atoms with Gasteiger partial charge in [-0.25, -0.2) is 4.98 Å². The number of aromatic amines is 1. The standard InChI is InChI=1S/C19H19BrN4O/c1-10(2)18-23-16-7-13(20)6-15(17(16)24-18)19(25)22-14-4-3-11-8-21-9-12(11)5-14/h3-7,10,21H,8-9H2,1-2H3,(H,22,25)(H,23,24). The van der Waals surface area contributed by atoms with Gasteiger partial charge in [-0.1, -0.05) is 35.8 Å². The van der Waals surface area contributed by atoms with Crippen LogP contribution >= 0.6 is 15.9 Å². The number of rotatable bonds is 3. The Hall–Kier alpha value is -2.18. The molecule has 5 nitrogen and oxygen atoms in total. The Morgan fingerprint density at radius 3 is 2.80 bits per heavy atom. The summed E-state index contributed by atoms with van der Waals surface area (Å²) in [6, 6.07) is 9.81. The number of fused-ring (bicyclic) bond motifs is 2. The molecule has 1 aliphatic rings. The molecule has 128 valence electrons. The largest absolute Gasteiger partial charge is 0.342 e. The van der Waals surface area contributed by atoms with E-state index in [0.29, 0.717) is 11.1 Å². The number of aromatic nitrogens is 2. The van der Waals surface area contributed by atoms with Crippen LogP contribution in [0.3, 0.4) is 0 Å². The number of nitrogens with zero attached hydrogens (tertiary/aromatic N) is 1. The Kier molecular flexibility index (Phi) is 4.09. The number of nitrogens with one attached hydrogen (secondary N) is 3. The van der Waals surface area contributed by atoms with Crippen LogP contribution in [0, 0.1) is 0 Å². The van der Waals surface area contributed by atoms with Crippen molar-refractivity contribution < 1.29 is 4.79 Å². The predicted octanol–water partition coefficient (Wildman–Crippen LogP) is 4.30. The molecule has 4 rings (SSSR count). The highest BCUT2D eigenvalue weighted by Gasteiger charge is 2.17. The van der Waals surface area contributed by atoms with Gasteiger partial charge in [0.1, 0.15) is 11.3 Å². The number of amides is 1. The van der Waals surface area contributed by atoms with Crippen LogP contribution in [-0.4, -0.2) is 15.9 Å². The Labute approximate surface area is 154 Å². The third kappa shape index (κ3) is 3.07. The molecule has 6 heteroatoms. The number of imidazole rings is 1. The smallest absolute Gasteiger partial charge is 0.257 e. The zero-order chi connectivity index (χ0) is 17.6. The SMILES string of the molecule is CC(C)c1nc2c(C(=O)Nc3ccc4c(c3)CNC4)cc(Br)cc2[nH]1. The third-order valence-corrected chi connectivity index (χ3v) is 4.91. The summed E-state index contributed by atoms with van der Waals surface area (Å²) in [6.07, 6.45) is 0. The van der Waals surface area contributed by atoms with Gasteiger partial charge in [0.2, 0.25) is 0 Å². The van der Waals surface area contributed by atoms with Crippen molar-refractivity contribution in [2.24, 2.45) is 0 Å².